The molecule has 0 saturated heterocycles. The lowest BCUT2D eigenvalue weighted by Gasteiger charge is -2.17. The summed E-state index contributed by atoms with van der Waals surface area (Å²) in [5.74, 6) is -1.14. The van der Waals surface area contributed by atoms with Crippen LogP contribution in [0.25, 0.3) is 0 Å². The number of rotatable bonds is 3. The molecule has 0 atom stereocenters. The molecule has 92 valence electrons. The molecule has 0 unspecified atom stereocenters. The summed E-state index contributed by atoms with van der Waals surface area (Å²) >= 11 is 8.33. The highest BCUT2D eigenvalue weighted by atomic mass is 79.9. The van der Waals surface area contributed by atoms with Gasteiger partial charge in [-0.25, -0.2) is 4.39 Å². The Bertz CT molecular complexity index is 474. The Kier molecular flexibility index (Phi) is 4.27. The molecule has 0 bridgehead atoms. The fraction of sp³-hybridized carbons (Fsp3) is 0.273. The predicted octanol–water partition coefficient (Wildman–Crippen LogP) is 3.29. The largest absolute Gasteiger partial charge is 0.425 e. The van der Waals surface area contributed by atoms with E-state index in [0.29, 0.717) is 0 Å². The van der Waals surface area contributed by atoms with Crippen molar-refractivity contribution in [3.63, 3.8) is 0 Å². The molecule has 0 N–H and O–H groups in total. The third kappa shape index (κ3) is 3.26. The van der Waals surface area contributed by atoms with Gasteiger partial charge in [0.05, 0.1) is 4.47 Å². The summed E-state index contributed by atoms with van der Waals surface area (Å²) in [5, 5.41) is -0.819. The van der Waals surface area contributed by atoms with Crippen LogP contribution in [0.5, 0.6) is 5.75 Å². The average molecular weight is 324 g/mol. The summed E-state index contributed by atoms with van der Waals surface area (Å²) in [6, 6.07) is 3.58. The number of benzene rings is 1. The first-order valence-electron chi connectivity index (χ1n) is 4.62. The van der Waals surface area contributed by atoms with Gasteiger partial charge in [0, 0.05) is 0 Å². The maximum atomic E-state index is 12.8. The Morgan fingerprint density at radius 2 is 2.00 bits per heavy atom. The van der Waals surface area contributed by atoms with Crippen LogP contribution in [0.4, 0.5) is 4.39 Å². The summed E-state index contributed by atoms with van der Waals surface area (Å²) in [7, 11) is 0. The zero-order valence-corrected chi connectivity index (χ0v) is 11.4. The van der Waals surface area contributed by atoms with Crippen molar-refractivity contribution in [2.24, 2.45) is 5.41 Å². The molecule has 0 spiro atoms. The Morgan fingerprint density at radius 3 is 2.47 bits per heavy atom. The molecule has 0 aliphatic heterocycles. The standard InChI is InChI=1S/C11H9BrClFO3/c1-11(2,9(13)15)10(16)17-8-4-3-6(14)5-7(8)12/h3-5H,1-2H3. The van der Waals surface area contributed by atoms with E-state index in [1.165, 1.54) is 19.9 Å². The van der Waals surface area contributed by atoms with Crippen LogP contribution in [0.15, 0.2) is 22.7 Å². The van der Waals surface area contributed by atoms with Gasteiger partial charge < -0.3 is 4.74 Å². The van der Waals surface area contributed by atoms with E-state index in [2.05, 4.69) is 15.9 Å². The molecule has 1 rings (SSSR count). The zero-order chi connectivity index (χ0) is 13.2. The first kappa shape index (κ1) is 14.1. The smallest absolute Gasteiger partial charge is 0.325 e. The molecular weight excluding hydrogens is 314 g/mol. The van der Waals surface area contributed by atoms with Gasteiger partial charge in [0.2, 0.25) is 5.24 Å². The molecule has 0 radical (unpaired) electrons. The Balaban J connectivity index is 2.92. The number of halogens is 3. The van der Waals surface area contributed by atoms with Crippen LogP contribution in [0.2, 0.25) is 0 Å². The second kappa shape index (κ2) is 5.14. The first-order chi connectivity index (χ1) is 7.75. The fourth-order valence-corrected chi connectivity index (χ4v) is 1.37. The third-order valence-corrected chi connectivity index (χ3v) is 3.19. The van der Waals surface area contributed by atoms with Crippen molar-refractivity contribution >= 4 is 38.7 Å². The second-order valence-electron chi connectivity index (χ2n) is 3.86. The molecule has 3 nitrogen and oxygen atoms in total. The molecular formula is C11H9BrClFO3. The highest BCUT2D eigenvalue weighted by Crippen LogP contribution is 2.29. The van der Waals surface area contributed by atoms with Gasteiger partial charge in [0.25, 0.3) is 0 Å². The molecule has 0 aromatic heterocycles. The monoisotopic (exact) mass is 322 g/mol. The topological polar surface area (TPSA) is 43.4 Å². The van der Waals surface area contributed by atoms with E-state index >= 15 is 0 Å². The van der Waals surface area contributed by atoms with Crippen LogP contribution < -0.4 is 4.74 Å². The minimum Gasteiger partial charge on any atom is -0.425 e. The van der Waals surface area contributed by atoms with Crippen molar-refractivity contribution in [1.82, 2.24) is 0 Å². The summed E-state index contributed by atoms with van der Waals surface area (Å²) in [6.07, 6.45) is 0. The Labute approximate surface area is 111 Å². The van der Waals surface area contributed by atoms with Gasteiger partial charge in [-0.3, -0.25) is 9.59 Å². The highest BCUT2D eigenvalue weighted by molar-refractivity contribution is 9.10. The van der Waals surface area contributed by atoms with Crippen LogP contribution in [0.3, 0.4) is 0 Å². The maximum Gasteiger partial charge on any atom is 0.325 e. The molecule has 0 aliphatic carbocycles. The summed E-state index contributed by atoms with van der Waals surface area (Å²) in [6.45, 7) is 2.70. The van der Waals surface area contributed by atoms with Crippen molar-refractivity contribution in [1.29, 1.82) is 0 Å². The lowest BCUT2D eigenvalue weighted by atomic mass is 9.96. The predicted molar refractivity (Wildman–Crippen MR) is 64.4 cm³/mol. The summed E-state index contributed by atoms with van der Waals surface area (Å²) < 4.78 is 18.1. The van der Waals surface area contributed by atoms with Crippen molar-refractivity contribution in [2.45, 2.75) is 13.8 Å². The number of esters is 1. The second-order valence-corrected chi connectivity index (χ2v) is 5.06. The molecule has 0 saturated carbocycles. The van der Waals surface area contributed by atoms with E-state index in [-0.39, 0.29) is 10.2 Å². The SMILES string of the molecule is CC(C)(C(=O)Cl)C(=O)Oc1ccc(F)cc1Br. The first-order valence-corrected chi connectivity index (χ1v) is 5.79. The Hall–Kier alpha value is -0.940. The zero-order valence-electron chi connectivity index (χ0n) is 9.09. The van der Waals surface area contributed by atoms with Gasteiger partial charge >= 0.3 is 5.97 Å². The van der Waals surface area contributed by atoms with Gasteiger partial charge in [0.1, 0.15) is 17.0 Å². The van der Waals surface area contributed by atoms with Gasteiger partial charge in [-0.2, -0.15) is 0 Å². The molecule has 1 aromatic carbocycles. The lowest BCUT2D eigenvalue weighted by Crippen LogP contribution is -2.34. The third-order valence-electron chi connectivity index (χ3n) is 2.10. The van der Waals surface area contributed by atoms with Crippen LogP contribution in [-0.2, 0) is 9.59 Å². The molecule has 0 heterocycles. The van der Waals surface area contributed by atoms with Crippen molar-refractivity contribution in [3.8, 4) is 5.75 Å². The lowest BCUT2D eigenvalue weighted by molar-refractivity contribution is -0.147. The van der Waals surface area contributed by atoms with Gasteiger partial charge in [-0.1, -0.05) is 0 Å². The van der Waals surface area contributed by atoms with Crippen molar-refractivity contribution < 1.29 is 18.7 Å². The molecule has 0 amide bonds. The van der Waals surface area contributed by atoms with Crippen LogP contribution >= 0.6 is 27.5 Å². The number of hydrogen-bond donors (Lipinski definition) is 0. The molecule has 17 heavy (non-hydrogen) atoms. The summed E-state index contributed by atoms with van der Waals surface area (Å²) in [4.78, 5) is 22.7. The van der Waals surface area contributed by atoms with Crippen LogP contribution in [-0.4, -0.2) is 11.2 Å². The molecule has 0 fully saturated rings. The minimum atomic E-state index is -1.45. The quantitative estimate of drug-likeness (QED) is 0.371. The minimum absolute atomic E-state index is 0.127. The van der Waals surface area contributed by atoms with Gasteiger partial charge in [-0.05, 0) is 59.6 Å². The van der Waals surface area contributed by atoms with E-state index < -0.39 is 22.4 Å². The van der Waals surface area contributed by atoms with Crippen LogP contribution in [0.1, 0.15) is 13.8 Å². The number of carbonyl (C=O) groups is 2. The maximum absolute atomic E-state index is 12.8. The number of carbonyl (C=O) groups excluding carboxylic acids is 2. The molecule has 0 aliphatic rings. The van der Waals surface area contributed by atoms with E-state index in [9.17, 15) is 14.0 Å². The fourth-order valence-electron chi connectivity index (χ4n) is 0.866. The van der Waals surface area contributed by atoms with E-state index in [1.807, 2.05) is 0 Å². The van der Waals surface area contributed by atoms with E-state index in [0.717, 1.165) is 12.1 Å². The summed E-state index contributed by atoms with van der Waals surface area (Å²) in [5.41, 5.74) is -1.45. The highest BCUT2D eigenvalue weighted by Gasteiger charge is 2.37. The normalized spacial score (nSPS) is 11.1. The average Bonchev–Trinajstić information content (AvgIpc) is 2.21. The van der Waals surface area contributed by atoms with Crippen LogP contribution in [0, 0.1) is 11.2 Å². The van der Waals surface area contributed by atoms with Crippen molar-refractivity contribution in [2.75, 3.05) is 0 Å². The number of hydrogen-bond acceptors (Lipinski definition) is 3. The molecule has 6 heteroatoms. The van der Waals surface area contributed by atoms with E-state index in [4.69, 9.17) is 16.3 Å². The van der Waals surface area contributed by atoms with Crippen molar-refractivity contribution in [3.05, 3.63) is 28.5 Å². The van der Waals surface area contributed by atoms with E-state index in [1.54, 1.807) is 0 Å². The Morgan fingerprint density at radius 1 is 1.41 bits per heavy atom. The van der Waals surface area contributed by atoms with Gasteiger partial charge in [0.15, 0.2) is 0 Å². The molecule has 1 aromatic rings. The van der Waals surface area contributed by atoms with Gasteiger partial charge in [-0.15, -0.1) is 0 Å². The number of ether oxygens (including phenoxy) is 1.